The number of likely N-dealkylation sites (N-methyl/N-ethyl adjacent to an activating group) is 1. The number of hydrogen-bond acceptors (Lipinski definition) is 4. The summed E-state index contributed by atoms with van der Waals surface area (Å²) < 4.78 is 4.85. The Morgan fingerprint density at radius 3 is 2.74 bits per heavy atom. The monoisotopic (exact) mass is 271 g/mol. The number of nitrogens with zero attached hydrogens (tertiary/aromatic N) is 1. The number of hydrogen-bond donors (Lipinski definition) is 2. The van der Waals surface area contributed by atoms with Crippen molar-refractivity contribution in [1.82, 2.24) is 15.5 Å². The Labute approximate surface area is 114 Å². The van der Waals surface area contributed by atoms with Gasteiger partial charge in [0.25, 0.3) is 0 Å². The summed E-state index contributed by atoms with van der Waals surface area (Å²) in [6.45, 7) is 3.88. The van der Waals surface area contributed by atoms with E-state index in [2.05, 4.69) is 17.6 Å². The fraction of sp³-hybridized carbons (Fsp3) is 0.846. The molecular weight excluding hydrogens is 246 g/mol. The van der Waals surface area contributed by atoms with Crippen molar-refractivity contribution in [2.75, 3.05) is 40.4 Å². The average molecular weight is 271 g/mol. The Kier molecular flexibility index (Phi) is 6.80. The molecule has 2 amide bonds. The van der Waals surface area contributed by atoms with Crippen molar-refractivity contribution in [2.45, 2.75) is 25.8 Å². The highest BCUT2D eigenvalue weighted by Gasteiger charge is 2.26. The van der Waals surface area contributed by atoms with E-state index in [1.807, 2.05) is 0 Å². The van der Waals surface area contributed by atoms with Crippen molar-refractivity contribution >= 4 is 11.8 Å². The molecule has 0 radical (unpaired) electrons. The molecule has 2 unspecified atom stereocenters. The van der Waals surface area contributed by atoms with E-state index >= 15 is 0 Å². The van der Waals surface area contributed by atoms with Crippen molar-refractivity contribution in [3.63, 3.8) is 0 Å². The highest BCUT2D eigenvalue weighted by Crippen LogP contribution is 2.15. The minimum atomic E-state index is -0.148. The lowest BCUT2D eigenvalue weighted by molar-refractivity contribution is -0.138. The third-order valence-electron chi connectivity index (χ3n) is 3.40. The first kappa shape index (κ1) is 15.9. The molecule has 0 aromatic carbocycles. The number of piperidine rings is 1. The first-order valence-corrected chi connectivity index (χ1v) is 6.78. The van der Waals surface area contributed by atoms with Gasteiger partial charge in [-0.2, -0.15) is 0 Å². The first-order chi connectivity index (χ1) is 9.04. The van der Waals surface area contributed by atoms with E-state index < -0.39 is 0 Å². The molecule has 1 rings (SSSR count). The predicted octanol–water partition coefficient (Wildman–Crippen LogP) is -0.404. The van der Waals surface area contributed by atoms with Gasteiger partial charge in [0.05, 0.1) is 19.1 Å². The maximum Gasteiger partial charge on any atom is 0.239 e. The molecule has 19 heavy (non-hydrogen) atoms. The minimum absolute atomic E-state index is 0.00650. The molecule has 2 N–H and O–H groups in total. The molecular formula is C13H25N3O3. The molecule has 6 heteroatoms. The smallest absolute Gasteiger partial charge is 0.239 e. The van der Waals surface area contributed by atoms with E-state index in [9.17, 15) is 9.59 Å². The molecule has 1 fully saturated rings. The van der Waals surface area contributed by atoms with Crippen molar-refractivity contribution in [3.8, 4) is 0 Å². The normalized spacial score (nSPS) is 22.9. The fourth-order valence-electron chi connectivity index (χ4n) is 2.16. The molecule has 6 nitrogen and oxygen atoms in total. The quantitative estimate of drug-likeness (QED) is 0.645. The summed E-state index contributed by atoms with van der Waals surface area (Å²) in [5.74, 6) is -0.112. The Hall–Kier alpha value is -1.14. The summed E-state index contributed by atoms with van der Waals surface area (Å²) in [4.78, 5) is 25.2. The molecule has 0 spiro atoms. The molecule has 0 aromatic heterocycles. The van der Waals surface area contributed by atoms with Gasteiger partial charge in [0.1, 0.15) is 0 Å². The van der Waals surface area contributed by atoms with Crippen LogP contribution in [0.4, 0.5) is 0 Å². The SMILES string of the molecule is COCCNC(=O)CN(C)C(=O)C1CCC(C)NC1. The third-order valence-corrected chi connectivity index (χ3v) is 3.40. The van der Waals surface area contributed by atoms with E-state index in [-0.39, 0.29) is 24.3 Å². The zero-order valence-electron chi connectivity index (χ0n) is 12.1. The number of rotatable bonds is 6. The lowest BCUT2D eigenvalue weighted by Crippen LogP contribution is -2.47. The van der Waals surface area contributed by atoms with Crippen molar-refractivity contribution < 1.29 is 14.3 Å². The topological polar surface area (TPSA) is 70.7 Å². The number of amides is 2. The minimum Gasteiger partial charge on any atom is -0.383 e. The second kappa shape index (κ2) is 8.12. The van der Waals surface area contributed by atoms with Crippen LogP contribution in [0, 0.1) is 5.92 Å². The maximum absolute atomic E-state index is 12.2. The summed E-state index contributed by atoms with van der Waals surface area (Å²) in [5, 5.41) is 6.00. The third kappa shape index (κ3) is 5.57. The second-order valence-electron chi connectivity index (χ2n) is 5.12. The summed E-state index contributed by atoms with van der Waals surface area (Å²) in [6.07, 6.45) is 1.90. The van der Waals surface area contributed by atoms with Gasteiger partial charge in [-0.25, -0.2) is 0 Å². The van der Waals surface area contributed by atoms with Crippen LogP contribution in [-0.2, 0) is 14.3 Å². The average Bonchev–Trinajstić information content (AvgIpc) is 2.39. The Balaban J connectivity index is 2.29. The first-order valence-electron chi connectivity index (χ1n) is 6.78. The summed E-state index contributed by atoms with van der Waals surface area (Å²) in [5.41, 5.74) is 0. The molecule has 1 saturated heterocycles. The van der Waals surface area contributed by atoms with Gasteiger partial charge in [0.2, 0.25) is 11.8 Å². The van der Waals surface area contributed by atoms with Gasteiger partial charge in [-0.05, 0) is 19.8 Å². The predicted molar refractivity (Wildman–Crippen MR) is 72.7 cm³/mol. The molecule has 2 atom stereocenters. The fourth-order valence-corrected chi connectivity index (χ4v) is 2.16. The van der Waals surface area contributed by atoms with E-state index in [0.29, 0.717) is 25.7 Å². The summed E-state index contributed by atoms with van der Waals surface area (Å²) >= 11 is 0. The van der Waals surface area contributed by atoms with Crippen molar-refractivity contribution in [1.29, 1.82) is 0 Å². The molecule has 0 aliphatic carbocycles. The standard InChI is InChI=1S/C13H25N3O3/c1-10-4-5-11(8-15-10)13(18)16(2)9-12(17)14-6-7-19-3/h10-11,15H,4-9H2,1-3H3,(H,14,17). The Bertz CT molecular complexity index is 302. The van der Waals surface area contributed by atoms with E-state index in [0.717, 1.165) is 12.8 Å². The molecule has 0 aromatic rings. The molecule has 0 saturated carbocycles. The number of ether oxygens (including phenoxy) is 1. The van der Waals surface area contributed by atoms with Crippen LogP contribution < -0.4 is 10.6 Å². The van der Waals surface area contributed by atoms with Gasteiger partial charge >= 0.3 is 0 Å². The van der Waals surface area contributed by atoms with E-state index in [1.54, 1.807) is 14.2 Å². The van der Waals surface area contributed by atoms with Crippen LogP contribution >= 0.6 is 0 Å². The number of carbonyl (C=O) groups excluding carboxylic acids is 2. The van der Waals surface area contributed by atoms with Crippen LogP contribution in [0.2, 0.25) is 0 Å². The maximum atomic E-state index is 12.2. The molecule has 110 valence electrons. The van der Waals surface area contributed by atoms with Gasteiger partial charge in [-0.15, -0.1) is 0 Å². The zero-order valence-corrected chi connectivity index (χ0v) is 12.1. The van der Waals surface area contributed by atoms with Crippen LogP contribution in [0.3, 0.4) is 0 Å². The van der Waals surface area contributed by atoms with Gasteiger partial charge in [0, 0.05) is 33.3 Å². The van der Waals surface area contributed by atoms with Crippen LogP contribution in [0.1, 0.15) is 19.8 Å². The lowest BCUT2D eigenvalue weighted by Gasteiger charge is -2.29. The van der Waals surface area contributed by atoms with Gasteiger partial charge in [-0.1, -0.05) is 0 Å². The van der Waals surface area contributed by atoms with Crippen LogP contribution in [-0.4, -0.2) is 63.2 Å². The van der Waals surface area contributed by atoms with Gasteiger partial charge in [0.15, 0.2) is 0 Å². The van der Waals surface area contributed by atoms with Crippen LogP contribution in [0.25, 0.3) is 0 Å². The van der Waals surface area contributed by atoms with Crippen LogP contribution in [0.15, 0.2) is 0 Å². The summed E-state index contributed by atoms with van der Waals surface area (Å²) in [6, 6.07) is 0.478. The largest absolute Gasteiger partial charge is 0.383 e. The highest BCUT2D eigenvalue weighted by molar-refractivity contribution is 5.85. The highest BCUT2D eigenvalue weighted by atomic mass is 16.5. The van der Waals surface area contributed by atoms with E-state index in [1.165, 1.54) is 4.90 Å². The number of nitrogens with one attached hydrogen (secondary N) is 2. The van der Waals surface area contributed by atoms with Crippen molar-refractivity contribution in [2.24, 2.45) is 5.92 Å². The lowest BCUT2D eigenvalue weighted by atomic mass is 9.94. The van der Waals surface area contributed by atoms with Gasteiger partial charge < -0.3 is 20.3 Å². The van der Waals surface area contributed by atoms with Crippen molar-refractivity contribution in [3.05, 3.63) is 0 Å². The molecule has 1 aliphatic heterocycles. The number of carbonyl (C=O) groups is 2. The number of methoxy groups -OCH3 is 1. The summed E-state index contributed by atoms with van der Waals surface area (Å²) in [7, 11) is 3.26. The van der Waals surface area contributed by atoms with E-state index in [4.69, 9.17) is 4.74 Å². The Morgan fingerprint density at radius 1 is 1.42 bits per heavy atom. The van der Waals surface area contributed by atoms with Gasteiger partial charge in [-0.3, -0.25) is 9.59 Å². The zero-order chi connectivity index (χ0) is 14.3. The second-order valence-corrected chi connectivity index (χ2v) is 5.12. The van der Waals surface area contributed by atoms with Crippen LogP contribution in [0.5, 0.6) is 0 Å². The molecule has 1 aliphatic rings. The molecule has 0 bridgehead atoms. The Morgan fingerprint density at radius 2 is 2.16 bits per heavy atom. The molecule has 1 heterocycles.